The predicted molar refractivity (Wildman–Crippen MR) is 104 cm³/mol. The topological polar surface area (TPSA) is 107 Å². The van der Waals surface area contributed by atoms with Crippen LogP contribution in [-0.2, 0) is 19.4 Å². The van der Waals surface area contributed by atoms with Gasteiger partial charge in [-0.2, -0.15) is 9.97 Å². The van der Waals surface area contributed by atoms with Crippen LogP contribution in [-0.4, -0.2) is 26.2 Å². The van der Waals surface area contributed by atoms with Crippen LogP contribution in [0.4, 0.5) is 0 Å². The maximum Gasteiger partial charge on any atom is 0.251 e. The van der Waals surface area contributed by atoms with Crippen LogP contribution in [0.2, 0.25) is 0 Å². The van der Waals surface area contributed by atoms with Crippen LogP contribution in [0.5, 0.6) is 0 Å². The second kappa shape index (κ2) is 8.47. The maximum atomic E-state index is 12.5. The summed E-state index contributed by atoms with van der Waals surface area (Å²) in [6.07, 6.45) is 1.47. The van der Waals surface area contributed by atoms with E-state index in [0.717, 1.165) is 6.42 Å². The number of hydrogen-bond acceptors (Lipinski definition) is 7. The van der Waals surface area contributed by atoms with E-state index in [1.54, 1.807) is 25.1 Å². The largest absolute Gasteiger partial charge is 0.345 e. The van der Waals surface area contributed by atoms with E-state index in [1.807, 2.05) is 24.3 Å². The Hall–Kier alpha value is -3.81. The van der Waals surface area contributed by atoms with Gasteiger partial charge in [0.15, 0.2) is 5.82 Å². The number of benzene rings is 2. The molecular formula is C21H19N5O3. The molecule has 29 heavy (non-hydrogen) atoms. The molecule has 0 aliphatic heterocycles. The number of aromatic nitrogens is 4. The molecule has 8 nitrogen and oxygen atoms in total. The van der Waals surface area contributed by atoms with Crippen molar-refractivity contribution in [3.8, 4) is 11.4 Å². The van der Waals surface area contributed by atoms with Crippen LogP contribution in [0, 0.1) is 6.92 Å². The molecule has 0 bridgehead atoms. The highest BCUT2D eigenvalue weighted by molar-refractivity contribution is 5.95. The van der Waals surface area contributed by atoms with Gasteiger partial charge in [0.25, 0.3) is 5.91 Å². The van der Waals surface area contributed by atoms with Crippen molar-refractivity contribution >= 4 is 5.91 Å². The third-order valence-electron chi connectivity index (χ3n) is 4.30. The first-order valence-electron chi connectivity index (χ1n) is 9.22. The zero-order valence-corrected chi connectivity index (χ0v) is 15.8. The van der Waals surface area contributed by atoms with Crippen LogP contribution in [0.25, 0.3) is 11.4 Å². The summed E-state index contributed by atoms with van der Waals surface area (Å²) in [5, 5.41) is 10.6. The Morgan fingerprint density at radius 3 is 2.62 bits per heavy atom. The summed E-state index contributed by atoms with van der Waals surface area (Å²) < 4.78 is 10.3. The van der Waals surface area contributed by atoms with Crippen molar-refractivity contribution < 1.29 is 13.8 Å². The zero-order chi connectivity index (χ0) is 20.1. The fourth-order valence-electron chi connectivity index (χ4n) is 2.84. The molecule has 0 saturated heterocycles. The lowest BCUT2D eigenvalue weighted by molar-refractivity contribution is 0.0949. The standard InChI is InChI=1S/C21H19N5O3/c1-14-23-20(26-28-14)16-8-5-9-17(12-16)21(27)22-13-18-24-19(29-25-18)11-10-15-6-3-2-4-7-15/h2-9,12H,10-11,13H2,1H3,(H,22,27). The van der Waals surface area contributed by atoms with Crippen molar-refractivity contribution in [3.05, 3.63) is 83.3 Å². The van der Waals surface area contributed by atoms with Crippen LogP contribution < -0.4 is 5.32 Å². The Morgan fingerprint density at radius 2 is 1.83 bits per heavy atom. The van der Waals surface area contributed by atoms with Crippen LogP contribution in [0.1, 0.15) is 33.5 Å². The minimum Gasteiger partial charge on any atom is -0.345 e. The van der Waals surface area contributed by atoms with Gasteiger partial charge in [-0.1, -0.05) is 52.8 Å². The molecule has 0 atom stereocenters. The zero-order valence-electron chi connectivity index (χ0n) is 15.8. The molecule has 146 valence electrons. The van der Waals surface area contributed by atoms with Gasteiger partial charge >= 0.3 is 0 Å². The fourth-order valence-corrected chi connectivity index (χ4v) is 2.84. The van der Waals surface area contributed by atoms with Gasteiger partial charge < -0.3 is 14.4 Å². The second-order valence-corrected chi connectivity index (χ2v) is 6.49. The van der Waals surface area contributed by atoms with Gasteiger partial charge in [0.1, 0.15) is 0 Å². The third-order valence-corrected chi connectivity index (χ3v) is 4.30. The highest BCUT2D eigenvalue weighted by Gasteiger charge is 2.12. The molecule has 0 fully saturated rings. The maximum absolute atomic E-state index is 12.5. The highest BCUT2D eigenvalue weighted by atomic mass is 16.5. The average molecular weight is 389 g/mol. The lowest BCUT2D eigenvalue weighted by Crippen LogP contribution is -2.23. The molecule has 0 unspecified atom stereocenters. The lowest BCUT2D eigenvalue weighted by Gasteiger charge is -2.03. The number of aryl methyl sites for hydroxylation is 3. The SMILES string of the molecule is Cc1nc(-c2cccc(C(=O)NCc3noc(CCc4ccccc4)n3)c2)no1. The Labute approximate surface area is 167 Å². The number of rotatable bonds is 7. The number of carbonyl (C=O) groups is 1. The Balaban J connectivity index is 1.33. The Bertz CT molecular complexity index is 1100. The molecule has 8 heteroatoms. The van der Waals surface area contributed by atoms with Gasteiger partial charge in [-0.25, -0.2) is 0 Å². The van der Waals surface area contributed by atoms with Crippen LogP contribution in [0.15, 0.2) is 63.6 Å². The van der Waals surface area contributed by atoms with Gasteiger partial charge in [0.05, 0.1) is 6.54 Å². The summed E-state index contributed by atoms with van der Waals surface area (Å²) in [4.78, 5) is 21.0. The summed E-state index contributed by atoms with van der Waals surface area (Å²) in [6.45, 7) is 1.89. The molecule has 0 aliphatic rings. The molecule has 0 spiro atoms. The van der Waals surface area contributed by atoms with Gasteiger partial charge in [-0.05, 0) is 24.1 Å². The Morgan fingerprint density at radius 1 is 0.966 bits per heavy atom. The monoisotopic (exact) mass is 389 g/mol. The van der Waals surface area contributed by atoms with E-state index in [-0.39, 0.29) is 12.5 Å². The van der Waals surface area contributed by atoms with E-state index < -0.39 is 0 Å². The summed E-state index contributed by atoms with van der Waals surface area (Å²) in [5.74, 6) is 1.65. The molecular weight excluding hydrogens is 370 g/mol. The number of amides is 1. The molecule has 2 heterocycles. The van der Waals surface area contributed by atoms with E-state index in [4.69, 9.17) is 9.05 Å². The third kappa shape index (κ3) is 4.73. The van der Waals surface area contributed by atoms with Crippen molar-refractivity contribution in [1.82, 2.24) is 25.6 Å². The van der Waals surface area contributed by atoms with Crippen molar-refractivity contribution in [1.29, 1.82) is 0 Å². The molecule has 0 aliphatic carbocycles. The molecule has 0 saturated carbocycles. The number of carbonyl (C=O) groups excluding carboxylic acids is 1. The Kier molecular flexibility index (Phi) is 5.42. The quantitative estimate of drug-likeness (QED) is 0.517. The van der Waals surface area contributed by atoms with Crippen molar-refractivity contribution in [2.45, 2.75) is 26.3 Å². The molecule has 2 aromatic heterocycles. The molecule has 4 rings (SSSR count). The molecule has 4 aromatic rings. The number of nitrogens with one attached hydrogen (secondary N) is 1. The summed E-state index contributed by atoms with van der Waals surface area (Å²) >= 11 is 0. The summed E-state index contributed by atoms with van der Waals surface area (Å²) in [5.41, 5.74) is 2.40. The van der Waals surface area contributed by atoms with Gasteiger partial charge in [-0.15, -0.1) is 0 Å². The number of nitrogens with zero attached hydrogens (tertiary/aromatic N) is 4. The molecule has 0 radical (unpaired) electrons. The highest BCUT2D eigenvalue weighted by Crippen LogP contribution is 2.17. The first kappa shape index (κ1) is 18.5. The van der Waals surface area contributed by atoms with Crippen LogP contribution >= 0.6 is 0 Å². The van der Waals surface area contributed by atoms with Gasteiger partial charge in [-0.3, -0.25) is 4.79 Å². The molecule has 1 amide bonds. The van der Waals surface area contributed by atoms with Crippen molar-refractivity contribution in [2.24, 2.45) is 0 Å². The van der Waals surface area contributed by atoms with Gasteiger partial charge in [0, 0.05) is 24.5 Å². The van der Waals surface area contributed by atoms with Crippen molar-refractivity contribution in [2.75, 3.05) is 0 Å². The molecule has 1 N–H and O–H groups in total. The average Bonchev–Trinajstić information content (AvgIpc) is 3.40. The fraction of sp³-hybridized carbons (Fsp3) is 0.190. The van der Waals surface area contributed by atoms with Gasteiger partial charge in [0.2, 0.25) is 17.6 Å². The van der Waals surface area contributed by atoms with E-state index in [1.165, 1.54) is 5.56 Å². The number of hydrogen-bond donors (Lipinski definition) is 1. The van der Waals surface area contributed by atoms with E-state index in [9.17, 15) is 4.79 Å². The smallest absolute Gasteiger partial charge is 0.251 e. The van der Waals surface area contributed by atoms with E-state index >= 15 is 0 Å². The minimum absolute atomic E-state index is 0.180. The van der Waals surface area contributed by atoms with Crippen LogP contribution in [0.3, 0.4) is 0 Å². The lowest BCUT2D eigenvalue weighted by atomic mass is 10.1. The predicted octanol–water partition coefficient (Wildman–Crippen LogP) is 3.14. The van der Waals surface area contributed by atoms with Crippen molar-refractivity contribution in [3.63, 3.8) is 0 Å². The van der Waals surface area contributed by atoms with E-state index in [0.29, 0.717) is 41.0 Å². The second-order valence-electron chi connectivity index (χ2n) is 6.49. The first-order valence-corrected chi connectivity index (χ1v) is 9.22. The minimum atomic E-state index is -0.247. The first-order chi connectivity index (χ1) is 14.2. The molecule has 2 aromatic carbocycles. The normalized spacial score (nSPS) is 10.8. The summed E-state index contributed by atoms with van der Waals surface area (Å²) in [6, 6.07) is 17.1. The summed E-state index contributed by atoms with van der Waals surface area (Å²) in [7, 11) is 0. The van der Waals surface area contributed by atoms with E-state index in [2.05, 4.69) is 37.7 Å².